The second-order valence-electron chi connectivity index (χ2n) is 11.3. The lowest BCUT2D eigenvalue weighted by atomic mass is 9.90. The lowest BCUT2D eigenvalue weighted by molar-refractivity contribution is -0.132. The van der Waals surface area contributed by atoms with Gasteiger partial charge in [0.2, 0.25) is 5.91 Å². The van der Waals surface area contributed by atoms with Gasteiger partial charge in [0.25, 0.3) is 0 Å². The summed E-state index contributed by atoms with van der Waals surface area (Å²) in [5, 5.41) is 0. The van der Waals surface area contributed by atoms with Crippen molar-refractivity contribution in [1.29, 1.82) is 0 Å². The van der Waals surface area contributed by atoms with Crippen LogP contribution in [0.3, 0.4) is 0 Å². The Balaban J connectivity index is 1.46. The van der Waals surface area contributed by atoms with Crippen molar-refractivity contribution in [2.24, 2.45) is 10.9 Å². The molecule has 0 N–H and O–H groups in total. The van der Waals surface area contributed by atoms with E-state index in [2.05, 4.69) is 61.9 Å². The third-order valence-corrected chi connectivity index (χ3v) is 8.50. The Morgan fingerprint density at radius 3 is 2.69 bits per heavy atom. The zero-order chi connectivity index (χ0) is 25.5. The van der Waals surface area contributed by atoms with Crippen LogP contribution in [0.5, 0.6) is 5.75 Å². The minimum absolute atomic E-state index is 0.312. The topological polar surface area (TPSA) is 45.1 Å². The quantitative estimate of drug-likeness (QED) is 0.340. The van der Waals surface area contributed by atoms with Gasteiger partial charge in [0.15, 0.2) is 0 Å². The van der Waals surface area contributed by atoms with Crippen molar-refractivity contribution in [2.45, 2.75) is 97.4 Å². The molecule has 0 bridgehead atoms. The van der Waals surface area contributed by atoms with Gasteiger partial charge in [0, 0.05) is 44.0 Å². The number of benzene rings is 1. The first-order chi connectivity index (χ1) is 17.5. The van der Waals surface area contributed by atoms with Crippen molar-refractivity contribution >= 4 is 11.6 Å². The van der Waals surface area contributed by atoms with Gasteiger partial charge in [-0.2, -0.15) is 0 Å². The second kappa shape index (κ2) is 12.9. The Bertz CT molecular complexity index is 945. The fourth-order valence-corrected chi connectivity index (χ4v) is 5.90. The fourth-order valence-electron chi connectivity index (χ4n) is 5.90. The maximum absolute atomic E-state index is 13.5. The molecular formula is C31H47N3O2. The maximum Gasteiger partial charge on any atom is 0.236 e. The SMILES string of the molecule is CCCCN(CCCC)C(=O)CN1CC(c2ccc3c(c2)CCO3)CC1CCC1=NC=C(C)C(C)C1. The van der Waals surface area contributed by atoms with Crippen LogP contribution in [0.25, 0.3) is 0 Å². The number of fused-ring (bicyclic) bond motifs is 1. The van der Waals surface area contributed by atoms with E-state index in [1.54, 1.807) is 0 Å². The first-order valence-corrected chi connectivity index (χ1v) is 14.5. The molecule has 4 rings (SSSR count). The molecule has 5 nitrogen and oxygen atoms in total. The predicted octanol–water partition coefficient (Wildman–Crippen LogP) is 6.37. The number of allylic oxidation sites excluding steroid dienone is 1. The molecule has 1 saturated heterocycles. The summed E-state index contributed by atoms with van der Waals surface area (Å²) in [5.74, 6) is 2.43. The molecule has 0 aliphatic carbocycles. The van der Waals surface area contributed by atoms with Crippen molar-refractivity contribution < 1.29 is 9.53 Å². The standard InChI is InChI=1S/C31H47N3O2/c1-5-7-14-33(15-8-6-2)31(35)22-34-21-27(25-9-12-30-26(18-25)13-16-36-30)19-29(34)11-10-28-17-23(3)24(4)20-32-28/h9,12,18,20,23,27,29H,5-8,10-11,13-17,19,21-22H2,1-4H3. The van der Waals surface area contributed by atoms with E-state index >= 15 is 0 Å². The van der Waals surface area contributed by atoms with Crippen LogP contribution in [0.15, 0.2) is 35.0 Å². The third kappa shape index (κ3) is 6.79. The van der Waals surface area contributed by atoms with Crippen molar-refractivity contribution in [3.8, 4) is 5.75 Å². The van der Waals surface area contributed by atoms with Crippen LogP contribution in [0, 0.1) is 5.92 Å². The average Bonchev–Trinajstić information content (AvgIpc) is 3.51. The molecule has 3 aliphatic rings. The summed E-state index contributed by atoms with van der Waals surface area (Å²) in [6.45, 7) is 13.0. The molecule has 198 valence electrons. The number of likely N-dealkylation sites (tertiary alicyclic amines) is 1. The van der Waals surface area contributed by atoms with E-state index in [0.717, 1.165) is 89.8 Å². The van der Waals surface area contributed by atoms with Gasteiger partial charge in [0.1, 0.15) is 5.75 Å². The van der Waals surface area contributed by atoms with Crippen molar-refractivity contribution in [3.63, 3.8) is 0 Å². The molecule has 1 aromatic carbocycles. The minimum Gasteiger partial charge on any atom is -0.493 e. The molecule has 0 radical (unpaired) electrons. The molecule has 5 heteroatoms. The summed E-state index contributed by atoms with van der Waals surface area (Å²) >= 11 is 0. The predicted molar refractivity (Wildman–Crippen MR) is 149 cm³/mol. The van der Waals surface area contributed by atoms with Gasteiger partial charge in [-0.1, -0.05) is 51.3 Å². The summed E-state index contributed by atoms with van der Waals surface area (Å²) in [7, 11) is 0. The van der Waals surface area contributed by atoms with E-state index in [0.29, 0.717) is 30.3 Å². The zero-order valence-electron chi connectivity index (χ0n) is 23.1. The lowest BCUT2D eigenvalue weighted by Crippen LogP contribution is -2.43. The van der Waals surface area contributed by atoms with Crippen LogP contribution < -0.4 is 4.74 Å². The van der Waals surface area contributed by atoms with E-state index < -0.39 is 0 Å². The van der Waals surface area contributed by atoms with Crippen molar-refractivity contribution in [3.05, 3.63) is 41.1 Å². The van der Waals surface area contributed by atoms with E-state index in [-0.39, 0.29) is 0 Å². The highest BCUT2D eigenvalue weighted by atomic mass is 16.5. The fraction of sp³-hybridized carbons (Fsp3) is 0.677. The molecular weight excluding hydrogens is 446 g/mol. The monoisotopic (exact) mass is 493 g/mol. The molecule has 3 unspecified atom stereocenters. The van der Waals surface area contributed by atoms with Crippen LogP contribution in [0.1, 0.15) is 96.1 Å². The smallest absolute Gasteiger partial charge is 0.236 e. The van der Waals surface area contributed by atoms with Gasteiger partial charge in [-0.3, -0.25) is 14.7 Å². The Hall–Kier alpha value is -2.14. The van der Waals surface area contributed by atoms with Crippen LogP contribution in [0.4, 0.5) is 0 Å². The molecule has 0 aromatic heterocycles. The second-order valence-corrected chi connectivity index (χ2v) is 11.3. The van der Waals surface area contributed by atoms with Crippen molar-refractivity contribution in [2.75, 3.05) is 32.8 Å². The van der Waals surface area contributed by atoms with Gasteiger partial charge < -0.3 is 9.64 Å². The summed E-state index contributed by atoms with van der Waals surface area (Å²) in [6, 6.07) is 7.20. The first kappa shape index (κ1) is 26.9. The molecule has 1 amide bonds. The number of carbonyl (C=O) groups excluding carboxylic acids is 1. The Kier molecular flexibility index (Phi) is 9.64. The van der Waals surface area contributed by atoms with Crippen molar-refractivity contribution in [1.82, 2.24) is 9.80 Å². The summed E-state index contributed by atoms with van der Waals surface area (Å²) < 4.78 is 5.75. The van der Waals surface area contributed by atoms with E-state index in [1.807, 2.05) is 0 Å². The van der Waals surface area contributed by atoms with Gasteiger partial charge in [-0.15, -0.1) is 0 Å². The molecule has 0 saturated carbocycles. The molecule has 1 fully saturated rings. The highest BCUT2D eigenvalue weighted by Crippen LogP contribution is 2.37. The number of ether oxygens (including phenoxy) is 1. The molecule has 1 aromatic rings. The van der Waals surface area contributed by atoms with Crippen LogP contribution in [-0.2, 0) is 11.2 Å². The molecule has 3 heterocycles. The summed E-state index contributed by atoms with van der Waals surface area (Å²) in [6.07, 6.45) is 11.8. The van der Waals surface area contributed by atoms with Crippen LogP contribution in [-0.4, -0.2) is 60.2 Å². The summed E-state index contributed by atoms with van der Waals surface area (Å²) in [4.78, 5) is 22.9. The van der Waals surface area contributed by atoms with Gasteiger partial charge >= 0.3 is 0 Å². The number of rotatable bonds is 12. The lowest BCUT2D eigenvalue weighted by Gasteiger charge is -2.29. The number of unbranched alkanes of at least 4 members (excludes halogenated alkanes) is 2. The van der Waals surface area contributed by atoms with E-state index in [4.69, 9.17) is 9.73 Å². The number of nitrogens with zero attached hydrogens (tertiary/aromatic N) is 3. The normalized spacial score (nSPS) is 23.7. The van der Waals surface area contributed by atoms with Crippen LogP contribution in [0.2, 0.25) is 0 Å². The third-order valence-electron chi connectivity index (χ3n) is 8.50. The zero-order valence-corrected chi connectivity index (χ0v) is 23.1. The Morgan fingerprint density at radius 1 is 1.19 bits per heavy atom. The molecule has 36 heavy (non-hydrogen) atoms. The number of carbonyl (C=O) groups is 1. The Labute approximate surface area is 219 Å². The van der Waals surface area contributed by atoms with Gasteiger partial charge in [-0.25, -0.2) is 0 Å². The number of hydrogen-bond acceptors (Lipinski definition) is 4. The molecule has 3 atom stereocenters. The average molecular weight is 494 g/mol. The number of aliphatic imine (C=N–C) groups is 1. The van der Waals surface area contributed by atoms with E-state index in [1.165, 1.54) is 22.4 Å². The first-order valence-electron chi connectivity index (χ1n) is 14.5. The number of amides is 1. The number of hydrogen-bond donors (Lipinski definition) is 0. The molecule has 3 aliphatic heterocycles. The highest BCUT2D eigenvalue weighted by Gasteiger charge is 2.35. The van der Waals surface area contributed by atoms with Crippen LogP contribution >= 0.6 is 0 Å². The van der Waals surface area contributed by atoms with Gasteiger partial charge in [0.05, 0.1) is 13.2 Å². The minimum atomic E-state index is 0.312. The summed E-state index contributed by atoms with van der Waals surface area (Å²) in [5.41, 5.74) is 5.46. The molecule has 0 spiro atoms. The Morgan fingerprint density at radius 2 is 1.97 bits per heavy atom. The largest absolute Gasteiger partial charge is 0.493 e. The maximum atomic E-state index is 13.5. The van der Waals surface area contributed by atoms with Gasteiger partial charge in [-0.05, 0) is 74.5 Å². The van der Waals surface area contributed by atoms with E-state index in [9.17, 15) is 4.79 Å². The highest BCUT2D eigenvalue weighted by molar-refractivity contribution is 5.86.